The van der Waals surface area contributed by atoms with Crippen LogP contribution in [0, 0.1) is 0 Å². The highest BCUT2D eigenvalue weighted by atomic mass is 32.1. The Morgan fingerprint density at radius 3 is 1.96 bits per heavy atom. The molecule has 2 aromatic rings. The molecule has 0 unspecified atom stereocenters. The molecule has 0 aliphatic carbocycles. The number of thiophene rings is 1. The summed E-state index contributed by atoms with van der Waals surface area (Å²) in [6, 6.07) is 10.9. The van der Waals surface area contributed by atoms with Crippen LogP contribution in [-0.2, 0) is 0 Å². The lowest BCUT2D eigenvalue weighted by Crippen LogP contribution is -2.25. The van der Waals surface area contributed by atoms with Crippen LogP contribution in [0.2, 0.25) is 0 Å². The number of rotatable bonds is 13. The minimum Gasteiger partial charge on any atom is -0.372 e. The largest absolute Gasteiger partial charge is 0.372 e. The SMILES string of the molecule is CCCCCCN(CCCCCC)c1ccc(-c2ccsc2C(C)=O)cc1. The first-order chi connectivity index (χ1) is 13.2. The first-order valence-corrected chi connectivity index (χ1v) is 11.5. The molecule has 0 aliphatic heterocycles. The van der Waals surface area contributed by atoms with Gasteiger partial charge in [-0.15, -0.1) is 11.3 Å². The minimum atomic E-state index is 0.151. The molecular formula is C24H35NOS. The van der Waals surface area contributed by atoms with Crippen LogP contribution in [0.25, 0.3) is 11.1 Å². The van der Waals surface area contributed by atoms with Gasteiger partial charge in [0.1, 0.15) is 0 Å². The van der Waals surface area contributed by atoms with Crippen molar-refractivity contribution in [3.63, 3.8) is 0 Å². The molecular weight excluding hydrogens is 350 g/mol. The third-order valence-corrected chi connectivity index (χ3v) is 6.11. The number of carbonyl (C=O) groups excluding carboxylic acids is 1. The molecule has 27 heavy (non-hydrogen) atoms. The Bertz CT molecular complexity index is 662. The van der Waals surface area contributed by atoms with Gasteiger partial charge in [0, 0.05) is 24.3 Å². The van der Waals surface area contributed by atoms with Crippen LogP contribution >= 0.6 is 11.3 Å². The number of anilines is 1. The van der Waals surface area contributed by atoms with Gasteiger partial charge in [-0.05, 0) is 48.9 Å². The van der Waals surface area contributed by atoms with Crippen LogP contribution in [0.15, 0.2) is 35.7 Å². The Morgan fingerprint density at radius 2 is 1.44 bits per heavy atom. The van der Waals surface area contributed by atoms with Crippen molar-refractivity contribution in [2.75, 3.05) is 18.0 Å². The molecule has 0 N–H and O–H groups in total. The summed E-state index contributed by atoms with van der Waals surface area (Å²) in [5.74, 6) is 0.151. The number of ketones is 1. The van der Waals surface area contributed by atoms with Gasteiger partial charge in [0.2, 0.25) is 0 Å². The average molecular weight is 386 g/mol. The summed E-state index contributed by atoms with van der Waals surface area (Å²) < 4.78 is 0. The number of hydrogen-bond acceptors (Lipinski definition) is 3. The van der Waals surface area contributed by atoms with Crippen LogP contribution in [0.4, 0.5) is 5.69 Å². The third kappa shape index (κ3) is 6.80. The average Bonchev–Trinajstić information content (AvgIpc) is 3.17. The molecule has 0 bridgehead atoms. The summed E-state index contributed by atoms with van der Waals surface area (Å²) in [6.07, 6.45) is 10.4. The second-order valence-corrected chi connectivity index (χ2v) is 8.29. The lowest BCUT2D eigenvalue weighted by molar-refractivity contribution is 0.102. The Balaban J connectivity index is 2.07. The van der Waals surface area contributed by atoms with Crippen LogP contribution < -0.4 is 4.90 Å². The van der Waals surface area contributed by atoms with Gasteiger partial charge in [0.25, 0.3) is 0 Å². The van der Waals surface area contributed by atoms with Crippen molar-refractivity contribution in [1.82, 2.24) is 0 Å². The van der Waals surface area contributed by atoms with Gasteiger partial charge in [-0.1, -0.05) is 64.5 Å². The maximum atomic E-state index is 11.8. The molecule has 1 heterocycles. The first kappa shape index (κ1) is 21.7. The number of benzene rings is 1. The number of unbranched alkanes of at least 4 members (excludes halogenated alkanes) is 6. The molecule has 0 amide bonds. The zero-order chi connectivity index (χ0) is 19.5. The zero-order valence-corrected chi connectivity index (χ0v) is 18.1. The summed E-state index contributed by atoms with van der Waals surface area (Å²) in [6.45, 7) is 8.46. The highest BCUT2D eigenvalue weighted by Gasteiger charge is 2.12. The van der Waals surface area contributed by atoms with E-state index < -0.39 is 0 Å². The van der Waals surface area contributed by atoms with E-state index in [-0.39, 0.29) is 5.78 Å². The number of Topliss-reactive ketones (excluding diaryl/α,β-unsaturated/α-hetero) is 1. The summed E-state index contributed by atoms with van der Waals surface area (Å²) in [7, 11) is 0. The van der Waals surface area contributed by atoms with Gasteiger partial charge < -0.3 is 4.90 Å². The van der Waals surface area contributed by atoms with E-state index in [1.807, 2.05) is 5.38 Å². The Kier molecular flexibility index (Phi) is 9.61. The van der Waals surface area contributed by atoms with Crippen LogP contribution in [-0.4, -0.2) is 18.9 Å². The predicted molar refractivity (Wildman–Crippen MR) is 120 cm³/mol. The van der Waals surface area contributed by atoms with Crippen molar-refractivity contribution in [2.45, 2.75) is 72.1 Å². The van der Waals surface area contributed by atoms with E-state index in [0.717, 1.165) is 29.1 Å². The number of nitrogens with zero attached hydrogens (tertiary/aromatic N) is 1. The maximum Gasteiger partial charge on any atom is 0.170 e. The Morgan fingerprint density at radius 1 is 0.852 bits per heavy atom. The van der Waals surface area contributed by atoms with Gasteiger partial charge in [-0.3, -0.25) is 4.79 Å². The first-order valence-electron chi connectivity index (χ1n) is 10.6. The molecule has 0 atom stereocenters. The van der Waals surface area contributed by atoms with E-state index >= 15 is 0 Å². The zero-order valence-electron chi connectivity index (χ0n) is 17.3. The Labute approximate surface area is 169 Å². The normalized spacial score (nSPS) is 10.9. The van der Waals surface area contributed by atoms with Crippen molar-refractivity contribution in [2.24, 2.45) is 0 Å². The highest BCUT2D eigenvalue weighted by molar-refractivity contribution is 7.12. The molecule has 2 nitrogen and oxygen atoms in total. The van der Waals surface area contributed by atoms with E-state index in [1.165, 1.54) is 68.4 Å². The van der Waals surface area contributed by atoms with Crippen molar-refractivity contribution in [3.05, 3.63) is 40.6 Å². The van der Waals surface area contributed by atoms with Crippen LogP contribution in [0.1, 0.15) is 81.8 Å². The molecule has 0 spiro atoms. The second kappa shape index (κ2) is 12.0. The van der Waals surface area contributed by atoms with Gasteiger partial charge >= 0.3 is 0 Å². The summed E-state index contributed by atoms with van der Waals surface area (Å²) in [4.78, 5) is 15.2. The molecule has 1 aromatic carbocycles. The fourth-order valence-corrected chi connectivity index (χ4v) is 4.31. The second-order valence-electron chi connectivity index (χ2n) is 7.37. The maximum absolute atomic E-state index is 11.8. The number of hydrogen-bond donors (Lipinski definition) is 0. The molecule has 0 radical (unpaired) electrons. The van der Waals surface area contributed by atoms with Crippen molar-refractivity contribution in [3.8, 4) is 11.1 Å². The predicted octanol–water partition coefficient (Wildman–Crippen LogP) is 7.58. The van der Waals surface area contributed by atoms with Crippen LogP contribution in [0.3, 0.4) is 0 Å². The topological polar surface area (TPSA) is 20.3 Å². The molecule has 1 aromatic heterocycles. The van der Waals surface area contributed by atoms with E-state index in [1.54, 1.807) is 6.92 Å². The fourth-order valence-electron chi connectivity index (χ4n) is 3.49. The molecule has 0 aliphatic rings. The van der Waals surface area contributed by atoms with E-state index in [2.05, 4.69) is 49.1 Å². The van der Waals surface area contributed by atoms with Crippen molar-refractivity contribution >= 4 is 22.8 Å². The molecule has 0 saturated carbocycles. The smallest absolute Gasteiger partial charge is 0.170 e. The van der Waals surface area contributed by atoms with Gasteiger partial charge in [0.15, 0.2) is 5.78 Å². The summed E-state index contributed by atoms with van der Waals surface area (Å²) in [5.41, 5.74) is 3.52. The molecule has 0 fully saturated rings. The lowest BCUT2D eigenvalue weighted by Gasteiger charge is -2.25. The molecule has 2 rings (SSSR count). The van der Waals surface area contributed by atoms with Crippen LogP contribution in [0.5, 0.6) is 0 Å². The summed E-state index contributed by atoms with van der Waals surface area (Å²) in [5, 5.41) is 2.01. The molecule has 3 heteroatoms. The van der Waals surface area contributed by atoms with Gasteiger partial charge in [0.05, 0.1) is 4.88 Å². The van der Waals surface area contributed by atoms with E-state index in [9.17, 15) is 4.79 Å². The van der Waals surface area contributed by atoms with Crippen molar-refractivity contribution < 1.29 is 4.79 Å². The lowest BCUT2D eigenvalue weighted by atomic mass is 10.0. The van der Waals surface area contributed by atoms with Gasteiger partial charge in [-0.2, -0.15) is 0 Å². The van der Waals surface area contributed by atoms with E-state index in [4.69, 9.17) is 0 Å². The quantitative estimate of drug-likeness (QED) is 0.261. The Hall–Kier alpha value is -1.61. The molecule has 0 saturated heterocycles. The van der Waals surface area contributed by atoms with Crippen molar-refractivity contribution in [1.29, 1.82) is 0 Å². The standard InChI is InChI=1S/C24H35NOS/c1-4-6-8-10-17-25(18-11-9-7-5-2)22-14-12-21(13-15-22)23-16-19-27-24(23)20(3)26/h12-16,19H,4-11,17-18H2,1-3H3. The summed E-state index contributed by atoms with van der Waals surface area (Å²) >= 11 is 1.53. The highest BCUT2D eigenvalue weighted by Crippen LogP contribution is 2.30. The minimum absolute atomic E-state index is 0.151. The van der Waals surface area contributed by atoms with E-state index in [0.29, 0.717) is 0 Å². The monoisotopic (exact) mass is 385 g/mol. The number of carbonyl (C=O) groups is 1. The third-order valence-electron chi connectivity index (χ3n) is 5.09. The van der Waals surface area contributed by atoms with Gasteiger partial charge in [-0.25, -0.2) is 0 Å². The fraction of sp³-hybridized carbons (Fsp3) is 0.542. The molecule has 148 valence electrons.